The van der Waals surface area contributed by atoms with Crippen molar-refractivity contribution in [2.24, 2.45) is 0 Å². The summed E-state index contributed by atoms with van der Waals surface area (Å²) in [5.41, 5.74) is 0. The molecule has 27 heavy (non-hydrogen) atoms. The number of nitrogens with zero attached hydrogens (tertiary/aromatic N) is 4. The molecule has 0 radical (unpaired) electrons. The summed E-state index contributed by atoms with van der Waals surface area (Å²) in [6.45, 7) is 2.39. The van der Waals surface area contributed by atoms with Crippen LogP contribution >= 0.6 is 23.4 Å². The lowest BCUT2D eigenvalue weighted by atomic mass is 10.3. The minimum absolute atomic E-state index is 0.157. The van der Waals surface area contributed by atoms with Crippen molar-refractivity contribution in [2.75, 3.05) is 5.32 Å². The van der Waals surface area contributed by atoms with Gasteiger partial charge in [-0.3, -0.25) is 9.36 Å². The van der Waals surface area contributed by atoms with Gasteiger partial charge in [0.2, 0.25) is 5.91 Å². The molecule has 1 aliphatic carbocycles. The second kappa shape index (κ2) is 7.74. The van der Waals surface area contributed by atoms with Gasteiger partial charge in [-0.1, -0.05) is 23.4 Å². The molecule has 0 aromatic carbocycles. The Balaban J connectivity index is 1.47. The van der Waals surface area contributed by atoms with Crippen LogP contribution in [0, 0.1) is 0 Å². The zero-order valence-electron chi connectivity index (χ0n) is 14.6. The second-order valence-corrected chi connectivity index (χ2v) is 8.14. The minimum Gasteiger partial charge on any atom is -0.467 e. The van der Waals surface area contributed by atoms with Gasteiger partial charge in [0.05, 0.1) is 23.1 Å². The van der Waals surface area contributed by atoms with Gasteiger partial charge in [0.25, 0.3) is 0 Å². The molecule has 3 aromatic heterocycles. The van der Waals surface area contributed by atoms with Crippen LogP contribution in [0.4, 0.5) is 5.82 Å². The van der Waals surface area contributed by atoms with Crippen molar-refractivity contribution < 1.29 is 9.21 Å². The van der Waals surface area contributed by atoms with Crippen molar-refractivity contribution in [3.63, 3.8) is 0 Å². The number of rotatable bonds is 7. The van der Waals surface area contributed by atoms with Crippen LogP contribution in [0.3, 0.4) is 0 Å². The zero-order valence-corrected chi connectivity index (χ0v) is 16.2. The molecule has 1 aliphatic rings. The summed E-state index contributed by atoms with van der Waals surface area (Å²) in [5, 5.41) is 12.3. The first kappa shape index (κ1) is 18.1. The Morgan fingerprint density at radius 1 is 1.41 bits per heavy atom. The van der Waals surface area contributed by atoms with Crippen LogP contribution in [0.15, 0.2) is 46.3 Å². The number of amides is 1. The van der Waals surface area contributed by atoms with E-state index < -0.39 is 0 Å². The maximum atomic E-state index is 12.5. The number of anilines is 1. The van der Waals surface area contributed by atoms with E-state index in [1.807, 2.05) is 23.6 Å². The van der Waals surface area contributed by atoms with E-state index in [0.717, 1.165) is 24.4 Å². The summed E-state index contributed by atoms with van der Waals surface area (Å²) < 4.78 is 7.52. The van der Waals surface area contributed by atoms with E-state index >= 15 is 0 Å². The largest absolute Gasteiger partial charge is 0.467 e. The van der Waals surface area contributed by atoms with Crippen LogP contribution in [0.25, 0.3) is 0 Å². The van der Waals surface area contributed by atoms with E-state index in [0.29, 0.717) is 28.5 Å². The SMILES string of the molecule is CC(Sc1nnc(C2CC2)n1Cc1ccco1)C(=O)Nc1ccc(Cl)cn1. The minimum atomic E-state index is -0.367. The first-order chi connectivity index (χ1) is 13.1. The summed E-state index contributed by atoms with van der Waals surface area (Å²) in [7, 11) is 0. The number of halogens is 1. The fourth-order valence-corrected chi connectivity index (χ4v) is 3.59. The molecule has 9 heteroatoms. The van der Waals surface area contributed by atoms with Crippen LogP contribution in [0.5, 0.6) is 0 Å². The molecule has 1 atom stereocenters. The highest BCUT2D eigenvalue weighted by molar-refractivity contribution is 8.00. The Hall–Kier alpha value is -2.32. The Kier molecular flexibility index (Phi) is 5.18. The first-order valence-electron chi connectivity index (χ1n) is 8.64. The lowest BCUT2D eigenvalue weighted by Gasteiger charge is -2.13. The van der Waals surface area contributed by atoms with Gasteiger partial charge in [-0.25, -0.2) is 4.98 Å². The number of thioether (sulfide) groups is 1. The topological polar surface area (TPSA) is 85.8 Å². The van der Waals surface area contributed by atoms with Gasteiger partial charge in [0.1, 0.15) is 17.4 Å². The predicted molar refractivity (Wildman–Crippen MR) is 103 cm³/mol. The van der Waals surface area contributed by atoms with Crippen LogP contribution in [0.1, 0.15) is 37.3 Å². The number of nitrogens with one attached hydrogen (secondary N) is 1. The number of hydrogen-bond donors (Lipinski definition) is 1. The third kappa shape index (κ3) is 4.33. The van der Waals surface area contributed by atoms with Crippen molar-refractivity contribution in [1.29, 1.82) is 0 Å². The Labute approximate surface area is 165 Å². The molecule has 7 nitrogen and oxygen atoms in total. The second-order valence-electron chi connectivity index (χ2n) is 6.39. The summed E-state index contributed by atoms with van der Waals surface area (Å²) >= 11 is 7.19. The molecular weight excluding hydrogens is 386 g/mol. The third-order valence-corrected chi connectivity index (χ3v) is 5.52. The fourth-order valence-electron chi connectivity index (χ4n) is 2.63. The molecule has 1 fully saturated rings. The number of pyridine rings is 1. The molecule has 0 aliphatic heterocycles. The lowest BCUT2D eigenvalue weighted by Crippen LogP contribution is -2.23. The highest BCUT2D eigenvalue weighted by atomic mass is 35.5. The van der Waals surface area contributed by atoms with E-state index in [9.17, 15) is 4.79 Å². The maximum Gasteiger partial charge on any atom is 0.238 e. The number of carbonyl (C=O) groups is 1. The standard InChI is InChI=1S/C18H18ClN5O2S/c1-11(17(25)21-15-7-6-13(19)9-20-15)27-18-23-22-16(12-4-5-12)24(18)10-14-3-2-8-26-14/h2-3,6-9,11-12H,4-5,10H2,1H3,(H,20,21,25). The van der Waals surface area contributed by atoms with Crippen LogP contribution < -0.4 is 5.32 Å². The fraction of sp³-hybridized carbons (Fsp3) is 0.333. The average molecular weight is 404 g/mol. The molecule has 4 rings (SSSR count). The number of aromatic nitrogens is 4. The van der Waals surface area contributed by atoms with Crippen molar-refractivity contribution >= 4 is 35.1 Å². The summed E-state index contributed by atoms with van der Waals surface area (Å²) in [6.07, 6.45) is 5.40. The molecule has 1 amide bonds. The maximum absolute atomic E-state index is 12.5. The Bertz CT molecular complexity index is 922. The Morgan fingerprint density at radius 2 is 2.26 bits per heavy atom. The van der Waals surface area contributed by atoms with E-state index in [4.69, 9.17) is 16.0 Å². The quantitative estimate of drug-likeness (QED) is 0.601. The van der Waals surface area contributed by atoms with E-state index in [2.05, 4.69) is 20.5 Å². The molecule has 3 heterocycles. The smallest absolute Gasteiger partial charge is 0.238 e. The van der Waals surface area contributed by atoms with E-state index in [1.54, 1.807) is 18.4 Å². The molecule has 140 valence electrons. The molecule has 0 saturated heterocycles. The molecule has 1 unspecified atom stereocenters. The molecule has 1 N–H and O–H groups in total. The summed E-state index contributed by atoms with van der Waals surface area (Å²) in [4.78, 5) is 16.6. The number of carbonyl (C=O) groups excluding carboxylic acids is 1. The summed E-state index contributed by atoms with van der Waals surface area (Å²) in [6, 6.07) is 7.14. The first-order valence-corrected chi connectivity index (χ1v) is 9.90. The van der Waals surface area contributed by atoms with Crippen molar-refractivity contribution in [1.82, 2.24) is 19.7 Å². The third-order valence-electron chi connectivity index (χ3n) is 4.21. The predicted octanol–water partition coefficient (Wildman–Crippen LogP) is 3.96. The van der Waals surface area contributed by atoms with Crippen molar-refractivity contribution in [3.8, 4) is 0 Å². The highest BCUT2D eigenvalue weighted by Crippen LogP contribution is 2.40. The molecule has 3 aromatic rings. The molecule has 1 saturated carbocycles. The van der Waals surface area contributed by atoms with E-state index in [1.165, 1.54) is 18.0 Å². The van der Waals surface area contributed by atoms with Crippen molar-refractivity contribution in [2.45, 2.75) is 42.6 Å². The zero-order chi connectivity index (χ0) is 18.8. The normalized spacial score (nSPS) is 14.9. The van der Waals surface area contributed by atoms with E-state index in [-0.39, 0.29) is 11.2 Å². The van der Waals surface area contributed by atoms with Gasteiger partial charge in [-0.15, -0.1) is 10.2 Å². The average Bonchev–Trinajstić information content (AvgIpc) is 3.23. The van der Waals surface area contributed by atoms with Gasteiger partial charge in [-0.05, 0) is 44.0 Å². The molecule has 0 spiro atoms. The van der Waals surface area contributed by atoms with Gasteiger partial charge in [-0.2, -0.15) is 0 Å². The van der Waals surface area contributed by atoms with Gasteiger partial charge in [0.15, 0.2) is 5.16 Å². The monoisotopic (exact) mass is 403 g/mol. The van der Waals surface area contributed by atoms with Gasteiger partial charge in [0, 0.05) is 12.1 Å². The summed E-state index contributed by atoms with van der Waals surface area (Å²) in [5.74, 6) is 2.55. The van der Waals surface area contributed by atoms with Gasteiger partial charge < -0.3 is 9.73 Å². The van der Waals surface area contributed by atoms with Crippen LogP contribution in [-0.4, -0.2) is 30.9 Å². The number of furan rings is 1. The van der Waals surface area contributed by atoms with Gasteiger partial charge >= 0.3 is 0 Å². The number of hydrogen-bond acceptors (Lipinski definition) is 6. The lowest BCUT2D eigenvalue weighted by molar-refractivity contribution is -0.115. The molecular formula is C18H18ClN5O2S. The highest BCUT2D eigenvalue weighted by Gasteiger charge is 2.31. The van der Waals surface area contributed by atoms with Crippen molar-refractivity contribution in [3.05, 3.63) is 53.3 Å². The van der Waals surface area contributed by atoms with Crippen LogP contribution in [-0.2, 0) is 11.3 Å². The Morgan fingerprint density at radius 3 is 2.93 bits per heavy atom. The molecule has 0 bridgehead atoms. The van der Waals surface area contributed by atoms with Crippen LogP contribution in [0.2, 0.25) is 5.02 Å².